The van der Waals surface area contributed by atoms with Crippen molar-refractivity contribution in [1.82, 2.24) is 5.32 Å². The van der Waals surface area contributed by atoms with E-state index >= 15 is 0 Å². The molecule has 0 saturated heterocycles. The van der Waals surface area contributed by atoms with Gasteiger partial charge in [0, 0.05) is 6.61 Å². The largest absolute Gasteiger partial charge is 0.480 e. The lowest BCUT2D eigenvalue weighted by Gasteiger charge is -1.96. The first-order valence-corrected chi connectivity index (χ1v) is 2.80. The molecule has 4 heteroatoms. The highest BCUT2D eigenvalue weighted by atomic mass is 16.4. The Labute approximate surface area is 53.5 Å². The fourth-order valence-electron chi connectivity index (χ4n) is 0.399. The molecule has 0 spiro atoms. The van der Waals surface area contributed by atoms with E-state index in [0.717, 1.165) is 0 Å². The van der Waals surface area contributed by atoms with Crippen molar-refractivity contribution in [3.63, 3.8) is 0 Å². The highest BCUT2D eigenvalue weighted by molar-refractivity contribution is 5.68. The molecule has 0 aliphatic carbocycles. The molecular weight excluding hydrogens is 122 g/mol. The lowest BCUT2D eigenvalue weighted by Crippen LogP contribution is -2.23. The molecule has 0 unspecified atom stereocenters. The molecule has 0 fully saturated rings. The maximum Gasteiger partial charge on any atom is 0.317 e. The van der Waals surface area contributed by atoms with Crippen LogP contribution in [0.2, 0.25) is 0 Å². The maximum atomic E-state index is 9.84. The van der Waals surface area contributed by atoms with Crippen LogP contribution in [0, 0.1) is 0 Å². The number of aliphatic hydroxyl groups is 1. The minimum atomic E-state index is -0.868. The van der Waals surface area contributed by atoms with Crippen molar-refractivity contribution in [2.24, 2.45) is 0 Å². The Kier molecular flexibility index (Phi) is 5.15. The molecule has 9 heavy (non-hydrogen) atoms. The van der Waals surface area contributed by atoms with Crippen LogP contribution in [0.3, 0.4) is 0 Å². The number of hydrogen-bond donors (Lipinski definition) is 3. The second-order valence-electron chi connectivity index (χ2n) is 1.65. The van der Waals surface area contributed by atoms with Crippen molar-refractivity contribution < 1.29 is 15.0 Å². The van der Waals surface area contributed by atoms with Gasteiger partial charge in [-0.3, -0.25) is 4.79 Å². The fourth-order valence-corrected chi connectivity index (χ4v) is 0.399. The van der Waals surface area contributed by atoms with Crippen LogP contribution in [-0.4, -0.2) is 35.9 Å². The molecule has 0 heterocycles. The van der Waals surface area contributed by atoms with Crippen molar-refractivity contribution in [2.75, 3.05) is 19.7 Å². The molecule has 0 aromatic heterocycles. The summed E-state index contributed by atoms with van der Waals surface area (Å²) in [5.41, 5.74) is 0. The van der Waals surface area contributed by atoms with Crippen LogP contribution in [0.15, 0.2) is 0 Å². The molecule has 0 bridgehead atoms. The highest BCUT2D eigenvalue weighted by Gasteiger charge is 1.92. The smallest absolute Gasteiger partial charge is 0.317 e. The second-order valence-corrected chi connectivity index (χ2v) is 1.65. The first kappa shape index (κ1) is 8.39. The fraction of sp³-hybridized carbons (Fsp3) is 0.800. The number of nitrogens with one attached hydrogen (secondary N) is 1. The van der Waals surface area contributed by atoms with Gasteiger partial charge in [-0.2, -0.15) is 0 Å². The molecule has 0 aromatic carbocycles. The van der Waals surface area contributed by atoms with Gasteiger partial charge >= 0.3 is 5.97 Å². The highest BCUT2D eigenvalue weighted by Crippen LogP contribution is 1.70. The van der Waals surface area contributed by atoms with Crippen molar-refractivity contribution in [3.8, 4) is 0 Å². The van der Waals surface area contributed by atoms with E-state index in [-0.39, 0.29) is 13.2 Å². The van der Waals surface area contributed by atoms with Crippen molar-refractivity contribution in [2.45, 2.75) is 6.42 Å². The van der Waals surface area contributed by atoms with E-state index in [2.05, 4.69) is 5.32 Å². The molecule has 0 radical (unpaired) electrons. The van der Waals surface area contributed by atoms with Crippen LogP contribution in [0.1, 0.15) is 6.42 Å². The summed E-state index contributed by atoms with van der Waals surface area (Å²) in [4.78, 5) is 9.84. The predicted octanol–water partition coefficient (Wildman–Crippen LogP) is -0.957. The van der Waals surface area contributed by atoms with Crippen LogP contribution >= 0.6 is 0 Å². The molecule has 4 nitrogen and oxygen atoms in total. The minimum Gasteiger partial charge on any atom is -0.480 e. The van der Waals surface area contributed by atoms with E-state index in [0.29, 0.717) is 13.0 Å². The number of carbonyl (C=O) groups is 1. The van der Waals surface area contributed by atoms with Gasteiger partial charge in [-0.05, 0) is 13.0 Å². The summed E-state index contributed by atoms with van der Waals surface area (Å²) in [5, 5.41) is 19.0. The normalized spacial score (nSPS) is 9.44. The predicted molar refractivity (Wildman–Crippen MR) is 32.2 cm³/mol. The second kappa shape index (κ2) is 5.53. The average molecular weight is 133 g/mol. The number of aliphatic hydroxyl groups excluding tert-OH is 1. The van der Waals surface area contributed by atoms with Gasteiger partial charge in [0.1, 0.15) is 0 Å². The van der Waals surface area contributed by atoms with Gasteiger partial charge in [0.05, 0.1) is 6.54 Å². The van der Waals surface area contributed by atoms with E-state index in [4.69, 9.17) is 10.2 Å². The molecule has 0 aliphatic rings. The minimum absolute atomic E-state index is 0.0278. The van der Waals surface area contributed by atoms with Crippen LogP contribution in [0.5, 0.6) is 0 Å². The number of carboxylic acids is 1. The number of carboxylic acid groups (broad SMARTS) is 1. The zero-order chi connectivity index (χ0) is 7.11. The Hall–Kier alpha value is -0.610. The lowest BCUT2D eigenvalue weighted by atomic mass is 10.4. The van der Waals surface area contributed by atoms with E-state index in [9.17, 15) is 4.79 Å². The topological polar surface area (TPSA) is 69.6 Å². The van der Waals surface area contributed by atoms with Gasteiger partial charge in [0.15, 0.2) is 0 Å². The van der Waals surface area contributed by atoms with Gasteiger partial charge < -0.3 is 15.5 Å². The first-order chi connectivity index (χ1) is 4.27. The van der Waals surface area contributed by atoms with E-state index in [1.54, 1.807) is 0 Å². The Morgan fingerprint density at radius 1 is 1.56 bits per heavy atom. The maximum absolute atomic E-state index is 9.84. The summed E-state index contributed by atoms with van der Waals surface area (Å²) >= 11 is 0. The Morgan fingerprint density at radius 3 is 2.67 bits per heavy atom. The van der Waals surface area contributed by atoms with E-state index in [1.165, 1.54) is 0 Å². The molecule has 0 aromatic rings. The molecule has 0 rings (SSSR count). The molecule has 0 amide bonds. The number of rotatable bonds is 5. The molecule has 0 atom stereocenters. The summed E-state index contributed by atoms with van der Waals surface area (Å²) in [6.07, 6.45) is 0.604. The standard InChI is InChI=1S/C5H11NO3/c7-3-1-2-6-4-5(8)9/h6-7H,1-4H2,(H,8,9). The third-order valence-electron chi connectivity index (χ3n) is 0.788. The lowest BCUT2D eigenvalue weighted by molar-refractivity contribution is -0.135. The quantitative estimate of drug-likeness (QED) is 0.423. The van der Waals surface area contributed by atoms with Crippen LogP contribution < -0.4 is 5.32 Å². The third-order valence-corrected chi connectivity index (χ3v) is 0.788. The van der Waals surface area contributed by atoms with E-state index < -0.39 is 5.97 Å². The molecule has 3 N–H and O–H groups in total. The van der Waals surface area contributed by atoms with Crippen molar-refractivity contribution >= 4 is 5.97 Å². The molecule has 0 aliphatic heterocycles. The monoisotopic (exact) mass is 133 g/mol. The van der Waals surface area contributed by atoms with E-state index in [1.807, 2.05) is 0 Å². The van der Waals surface area contributed by atoms with Crippen LogP contribution in [0.4, 0.5) is 0 Å². The van der Waals surface area contributed by atoms with Gasteiger partial charge in [0.2, 0.25) is 0 Å². The summed E-state index contributed by atoms with van der Waals surface area (Å²) in [5.74, 6) is -0.868. The SMILES string of the molecule is O=C(O)CNCCCO. The summed E-state index contributed by atoms with van der Waals surface area (Å²) in [6.45, 7) is 0.634. The van der Waals surface area contributed by atoms with Gasteiger partial charge in [-0.1, -0.05) is 0 Å². The van der Waals surface area contributed by atoms with Crippen molar-refractivity contribution in [1.29, 1.82) is 0 Å². The first-order valence-electron chi connectivity index (χ1n) is 2.80. The Bertz CT molecular complexity index is 84.3. The van der Waals surface area contributed by atoms with Gasteiger partial charge in [-0.15, -0.1) is 0 Å². The molecular formula is C5H11NO3. The summed E-state index contributed by atoms with van der Waals surface area (Å²) < 4.78 is 0. The summed E-state index contributed by atoms with van der Waals surface area (Å²) in [7, 11) is 0. The van der Waals surface area contributed by atoms with Crippen LogP contribution in [0.25, 0.3) is 0 Å². The zero-order valence-electron chi connectivity index (χ0n) is 5.13. The molecule has 54 valence electrons. The third kappa shape index (κ3) is 7.39. The van der Waals surface area contributed by atoms with Gasteiger partial charge in [0.25, 0.3) is 0 Å². The average Bonchev–Trinajstić information content (AvgIpc) is 1.80. The Balaban J connectivity index is 2.83. The van der Waals surface area contributed by atoms with Crippen molar-refractivity contribution in [3.05, 3.63) is 0 Å². The Morgan fingerprint density at radius 2 is 2.22 bits per heavy atom. The number of hydrogen-bond acceptors (Lipinski definition) is 3. The molecule has 0 saturated carbocycles. The number of aliphatic carboxylic acids is 1. The van der Waals surface area contributed by atoms with Gasteiger partial charge in [-0.25, -0.2) is 0 Å². The zero-order valence-corrected chi connectivity index (χ0v) is 5.13. The van der Waals surface area contributed by atoms with Crippen LogP contribution in [-0.2, 0) is 4.79 Å². The summed E-state index contributed by atoms with van der Waals surface area (Å²) in [6, 6.07) is 0.